The number of rotatable bonds is 4. The summed E-state index contributed by atoms with van der Waals surface area (Å²) in [5, 5.41) is 9.64. The van der Waals surface area contributed by atoms with Crippen LogP contribution in [0.25, 0.3) is 11.1 Å². The molecule has 1 amide bonds. The molecule has 5 nitrogen and oxygen atoms in total. The average Bonchev–Trinajstić information content (AvgIpc) is 3.12. The molecule has 1 aliphatic carbocycles. The van der Waals surface area contributed by atoms with Crippen LogP contribution in [0.5, 0.6) is 5.75 Å². The first-order valence-corrected chi connectivity index (χ1v) is 10.8. The highest BCUT2D eigenvalue weighted by Crippen LogP contribution is 2.44. The van der Waals surface area contributed by atoms with Crippen LogP contribution in [0.15, 0.2) is 72.8 Å². The number of amides is 1. The molecule has 0 radical (unpaired) electrons. The Morgan fingerprint density at radius 2 is 1.52 bits per heavy atom. The van der Waals surface area contributed by atoms with E-state index in [2.05, 4.69) is 41.3 Å². The van der Waals surface area contributed by atoms with Crippen LogP contribution in [0.1, 0.15) is 22.6 Å². The van der Waals surface area contributed by atoms with Gasteiger partial charge in [0.15, 0.2) is 0 Å². The summed E-state index contributed by atoms with van der Waals surface area (Å²) in [6, 6.07) is 24.1. The number of nitrogens with zero attached hydrogens (tertiary/aromatic N) is 2. The number of piperazine rings is 1. The van der Waals surface area contributed by atoms with Gasteiger partial charge in [-0.3, -0.25) is 4.90 Å². The zero-order valence-electron chi connectivity index (χ0n) is 17.4. The number of fused-ring (bicyclic) bond motifs is 3. The van der Waals surface area contributed by atoms with E-state index in [9.17, 15) is 9.90 Å². The number of aromatic hydroxyl groups is 1. The Morgan fingerprint density at radius 3 is 2.16 bits per heavy atom. The molecule has 1 heterocycles. The van der Waals surface area contributed by atoms with Crippen molar-refractivity contribution in [2.75, 3.05) is 32.8 Å². The number of phenolic OH excluding ortho intramolecular Hbond substituents is 1. The van der Waals surface area contributed by atoms with E-state index in [1.54, 1.807) is 17.0 Å². The van der Waals surface area contributed by atoms with Crippen molar-refractivity contribution in [1.82, 2.24) is 9.80 Å². The molecule has 0 spiro atoms. The molecule has 1 fully saturated rings. The number of hydrogen-bond acceptors (Lipinski definition) is 4. The van der Waals surface area contributed by atoms with Gasteiger partial charge in [-0.2, -0.15) is 0 Å². The SMILES string of the molecule is O=C(OCC1c2ccccc2-c2ccccc21)N1CCN(Cc2cccc(O)c2)CC1. The average molecular weight is 415 g/mol. The van der Waals surface area contributed by atoms with Gasteiger partial charge in [-0.1, -0.05) is 60.7 Å². The topological polar surface area (TPSA) is 53.0 Å². The highest BCUT2D eigenvalue weighted by Gasteiger charge is 2.30. The number of phenols is 1. The van der Waals surface area contributed by atoms with Crippen molar-refractivity contribution < 1.29 is 14.6 Å². The van der Waals surface area contributed by atoms with E-state index < -0.39 is 0 Å². The van der Waals surface area contributed by atoms with Crippen molar-refractivity contribution >= 4 is 6.09 Å². The molecule has 0 bridgehead atoms. The summed E-state index contributed by atoms with van der Waals surface area (Å²) in [7, 11) is 0. The molecule has 0 aromatic heterocycles. The van der Waals surface area contributed by atoms with Gasteiger partial charge in [-0.25, -0.2) is 4.79 Å². The van der Waals surface area contributed by atoms with E-state index in [1.807, 2.05) is 24.3 Å². The molecule has 5 rings (SSSR count). The van der Waals surface area contributed by atoms with Crippen molar-refractivity contribution in [3.05, 3.63) is 89.5 Å². The minimum Gasteiger partial charge on any atom is -0.508 e. The fourth-order valence-corrected chi connectivity index (χ4v) is 4.69. The molecule has 5 heteroatoms. The number of carbonyl (C=O) groups excluding carboxylic acids is 1. The smallest absolute Gasteiger partial charge is 0.409 e. The molecule has 0 atom stereocenters. The maximum Gasteiger partial charge on any atom is 0.409 e. The summed E-state index contributed by atoms with van der Waals surface area (Å²) in [4.78, 5) is 16.8. The Balaban J connectivity index is 1.18. The van der Waals surface area contributed by atoms with Gasteiger partial charge < -0.3 is 14.7 Å². The molecular formula is C26H26N2O3. The predicted octanol–water partition coefficient (Wildman–Crippen LogP) is 4.46. The number of hydrogen-bond donors (Lipinski definition) is 1. The summed E-state index contributed by atoms with van der Waals surface area (Å²) >= 11 is 0. The van der Waals surface area contributed by atoms with Gasteiger partial charge in [0, 0.05) is 38.6 Å². The second-order valence-electron chi connectivity index (χ2n) is 8.24. The standard InChI is InChI=1S/C26H26N2O3/c29-20-7-5-6-19(16-20)17-27-12-14-28(15-13-27)26(30)31-18-25-23-10-3-1-8-21(23)22-9-2-4-11-24(22)25/h1-11,16,25,29H,12-15,17-18H2. The van der Waals surface area contributed by atoms with Gasteiger partial charge >= 0.3 is 6.09 Å². The Labute approximate surface area is 182 Å². The van der Waals surface area contributed by atoms with Gasteiger partial charge in [-0.05, 0) is 39.9 Å². The molecule has 2 aliphatic rings. The van der Waals surface area contributed by atoms with Crippen LogP contribution in [0, 0.1) is 0 Å². The highest BCUT2D eigenvalue weighted by atomic mass is 16.6. The molecule has 158 valence electrons. The Kier molecular flexibility index (Phi) is 5.35. The maximum atomic E-state index is 12.7. The van der Waals surface area contributed by atoms with Gasteiger partial charge in [0.05, 0.1) is 0 Å². The van der Waals surface area contributed by atoms with Gasteiger partial charge in [0.2, 0.25) is 0 Å². The molecule has 3 aromatic rings. The van der Waals surface area contributed by atoms with Crippen LogP contribution in [-0.4, -0.2) is 53.8 Å². The lowest BCUT2D eigenvalue weighted by molar-refractivity contribution is 0.0728. The third-order valence-electron chi connectivity index (χ3n) is 6.28. The van der Waals surface area contributed by atoms with Crippen LogP contribution in [0.3, 0.4) is 0 Å². The van der Waals surface area contributed by atoms with Gasteiger partial charge in [0.25, 0.3) is 0 Å². The lowest BCUT2D eigenvalue weighted by Crippen LogP contribution is -2.48. The third-order valence-corrected chi connectivity index (χ3v) is 6.28. The molecular weight excluding hydrogens is 388 g/mol. The van der Waals surface area contributed by atoms with Crippen molar-refractivity contribution in [3.8, 4) is 16.9 Å². The molecule has 1 saturated heterocycles. The molecule has 0 saturated carbocycles. The fraction of sp³-hybridized carbons (Fsp3) is 0.269. The Morgan fingerprint density at radius 1 is 0.871 bits per heavy atom. The summed E-state index contributed by atoms with van der Waals surface area (Å²) < 4.78 is 5.78. The van der Waals surface area contributed by atoms with Crippen LogP contribution in [-0.2, 0) is 11.3 Å². The van der Waals surface area contributed by atoms with Crippen molar-refractivity contribution in [1.29, 1.82) is 0 Å². The molecule has 0 unspecified atom stereocenters. The van der Waals surface area contributed by atoms with E-state index in [4.69, 9.17) is 4.74 Å². The third kappa shape index (κ3) is 4.01. The fourth-order valence-electron chi connectivity index (χ4n) is 4.69. The van der Waals surface area contributed by atoms with E-state index >= 15 is 0 Å². The largest absolute Gasteiger partial charge is 0.508 e. The predicted molar refractivity (Wildman–Crippen MR) is 120 cm³/mol. The summed E-state index contributed by atoms with van der Waals surface area (Å²) in [6.45, 7) is 4.01. The van der Waals surface area contributed by atoms with Crippen LogP contribution < -0.4 is 0 Å². The molecule has 3 aromatic carbocycles. The second-order valence-corrected chi connectivity index (χ2v) is 8.24. The summed E-state index contributed by atoms with van der Waals surface area (Å²) in [5.74, 6) is 0.373. The minimum atomic E-state index is -0.237. The van der Waals surface area contributed by atoms with E-state index in [1.165, 1.54) is 22.3 Å². The van der Waals surface area contributed by atoms with Gasteiger partial charge in [0.1, 0.15) is 12.4 Å². The lowest BCUT2D eigenvalue weighted by atomic mass is 9.98. The summed E-state index contributed by atoms with van der Waals surface area (Å²) in [6.07, 6.45) is -0.237. The van der Waals surface area contributed by atoms with E-state index in [-0.39, 0.29) is 17.8 Å². The first-order chi connectivity index (χ1) is 15.2. The normalized spacial score (nSPS) is 16.1. The van der Waals surface area contributed by atoms with Crippen LogP contribution in [0.4, 0.5) is 4.79 Å². The number of ether oxygens (including phenoxy) is 1. The van der Waals surface area contributed by atoms with Crippen LogP contribution in [0.2, 0.25) is 0 Å². The monoisotopic (exact) mass is 414 g/mol. The van der Waals surface area contributed by atoms with E-state index in [0.717, 1.165) is 25.2 Å². The second kappa shape index (κ2) is 8.44. The Hall–Kier alpha value is -3.31. The Bertz CT molecular complexity index is 1040. The zero-order chi connectivity index (χ0) is 21.2. The highest BCUT2D eigenvalue weighted by molar-refractivity contribution is 5.79. The molecule has 31 heavy (non-hydrogen) atoms. The zero-order valence-corrected chi connectivity index (χ0v) is 17.4. The van der Waals surface area contributed by atoms with E-state index in [0.29, 0.717) is 19.7 Å². The lowest BCUT2D eigenvalue weighted by Gasteiger charge is -2.34. The number of benzene rings is 3. The molecule has 1 N–H and O–H groups in total. The van der Waals surface area contributed by atoms with Crippen molar-refractivity contribution in [2.24, 2.45) is 0 Å². The van der Waals surface area contributed by atoms with Crippen molar-refractivity contribution in [3.63, 3.8) is 0 Å². The first-order valence-electron chi connectivity index (χ1n) is 10.8. The molecule has 1 aliphatic heterocycles. The maximum absolute atomic E-state index is 12.7. The quantitative estimate of drug-likeness (QED) is 0.685. The van der Waals surface area contributed by atoms with Crippen molar-refractivity contribution in [2.45, 2.75) is 12.5 Å². The van der Waals surface area contributed by atoms with Crippen LogP contribution >= 0.6 is 0 Å². The minimum absolute atomic E-state index is 0.0865. The first kappa shape index (κ1) is 19.6. The summed E-state index contributed by atoms with van der Waals surface area (Å²) in [5.41, 5.74) is 6.01. The number of carbonyl (C=O) groups is 1. The van der Waals surface area contributed by atoms with Gasteiger partial charge in [-0.15, -0.1) is 0 Å².